The summed E-state index contributed by atoms with van der Waals surface area (Å²) in [5.74, 6) is -0.311. The van der Waals surface area contributed by atoms with Crippen LogP contribution in [0.1, 0.15) is 38.8 Å². The molecule has 3 rings (SSSR count). The number of allylic oxidation sites excluding steroid dienone is 4. The molecule has 0 saturated heterocycles. The van der Waals surface area contributed by atoms with E-state index in [1.165, 1.54) is 12.3 Å². The van der Waals surface area contributed by atoms with E-state index in [1.807, 2.05) is 39.8 Å². The lowest BCUT2D eigenvalue weighted by Gasteiger charge is -2.12. The maximum Gasteiger partial charge on any atom is 0.204 e. The molecule has 0 aliphatic carbocycles. The van der Waals surface area contributed by atoms with Gasteiger partial charge in [0, 0.05) is 12.1 Å². The van der Waals surface area contributed by atoms with Gasteiger partial charge < -0.3 is 19.7 Å². The molecule has 3 aromatic rings. The normalized spacial score (nSPS) is 10.8. The molecular weight excluding hydrogens is 380 g/mol. The minimum Gasteiger partial charge on any atom is -0.508 e. The van der Waals surface area contributed by atoms with E-state index < -0.39 is 5.43 Å². The third-order valence-electron chi connectivity index (χ3n) is 4.88. The number of fused-ring (bicyclic) bond motifs is 1. The van der Waals surface area contributed by atoms with Gasteiger partial charge in [-0.05, 0) is 69.4 Å². The third kappa shape index (κ3) is 4.40. The van der Waals surface area contributed by atoms with Gasteiger partial charge in [-0.25, -0.2) is 0 Å². The Morgan fingerprint density at radius 3 is 2.00 bits per heavy atom. The van der Waals surface area contributed by atoms with Crippen LogP contribution < -0.4 is 5.43 Å². The van der Waals surface area contributed by atoms with Crippen LogP contribution in [0.5, 0.6) is 17.2 Å². The fourth-order valence-electron chi connectivity index (χ4n) is 3.27. The van der Waals surface area contributed by atoms with Crippen molar-refractivity contribution in [2.75, 3.05) is 0 Å². The van der Waals surface area contributed by atoms with Crippen LogP contribution in [0, 0.1) is 0 Å². The molecule has 30 heavy (non-hydrogen) atoms. The molecule has 0 radical (unpaired) electrons. The van der Waals surface area contributed by atoms with E-state index in [9.17, 15) is 20.1 Å². The molecule has 0 atom stereocenters. The van der Waals surface area contributed by atoms with Crippen LogP contribution in [0.3, 0.4) is 0 Å². The highest BCUT2D eigenvalue weighted by Crippen LogP contribution is 2.33. The average molecular weight is 406 g/mol. The van der Waals surface area contributed by atoms with E-state index in [4.69, 9.17) is 4.42 Å². The zero-order valence-electron chi connectivity index (χ0n) is 17.6. The molecule has 5 nitrogen and oxygen atoms in total. The monoisotopic (exact) mass is 406 g/mol. The van der Waals surface area contributed by atoms with E-state index in [2.05, 4.69) is 0 Å². The first-order valence-corrected chi connectivity index (χ1v) is 9.76. The van der Waals surface area contributed by atoms with Crippen LogP contribution in [0.4, 0.5) is 0 Å². The van der Waals surface area contributed by atoms with Crippen molar-refractivity contribution in [1.29, 1.82) is 0 Å². The Morgan fingerprint density at radius 1 is 0.900 bits per heavy atom. The minimum absolute atomic E-state index is 0.00933. The molecule has 3 N–H and O–H groups in total. The number of rotatable bonds is 5. The summed E-state index contributed by atoms with van der Waals surface area (Å²) in [6.45, 7) is 7.95. The SMILES string of the molecule is CC(C)=CCc1cc(-c2coc3cc(O)cc(O)c3c2=O)cc(CC=C(C)C)c1O. The highest BCUT2D eigenvalue weighted by molar-refractivity contribution is 5.88. The van der Waals surface area contributed by atoms with Gasteiger partial charge in [-0.1, -0.05) is 23.3 Å². The standard InChI is InChI=1S/C25H26O5/c1-14(2)5-7-16-9-18(10-17(24(16)28)8-6-15(3)4)20-13-30-22-12-19(26)11-21(27)23(22)25(20)29/h5-6,9-13,26-28H,7-8H2,1-4H3. The zero-order chi connectivity index (χ0) is 22.0. The summed E-state index contributed by atoms with van der Waals surface area (Å²) in [5.41, 5.74) is 4.25. The molecular formula is C25H26O5. The fourth-order valence-corrected chi connectivity index (χ4v) is 3.27. The van der Waals surface area contributed by atoms with Gasteiger partial charge in [0.05, 0.1) is 5.56 Å². The number of phenolic OH excluding ortho intramolecular Hbond substituents is 3. The molecule has 0 spiro atoms. The Kier molecular flexibility index (Phi) is 6.01. The lowest BCUT2D eigenvalue weighted by molar-refractivity contribution is 0.452. The molecule has 0 amide bonds. The Balaban J connectivity index is 2.24. The zero-order valence-corrected chi connectivity index (χ0v) is 17.6. The quantitative estimate of drug-likeness (QED) is 0.480. The first kappa shape index (κ1) is 21.2. The lowest BCUT2D eigenvalue weighted by Crippen LogP contribution is -2.06. The molecule has 156 valence electrons. The molecule has 0 aliphatic rings. The summed E-state index contributed by atoms with van der Waals surface area (Å²) in [6, 6.07) is 5.95. The molecule has 1 heterocycles. The summed E-state index contributed by atoms with van der Waals surface area (Å²) < 4.78 is 5.54. The van der Waals surface area contributed by atoms with E-state index >= 15 is 0 Å². The highest BCUT2D eigenvalue weighted by Gasteiger charge is 2.17. The Hall–Kier alpha value is -3.47. The van der Waals surface area contributed by atoms with Crippen LogP contribution in [-0.4, -0.2) is 15.3 Å². The van der Waals surface area contributed by atoms with Gasteiger partial charge in [-0.2, -0.15) is 0 Å². The van der Waals surface area contributed by atoms with Crippen molar-refractivity contribution in [3.05, 3.63) is 75.2 Å². The average Bonchev–Trinajstić information content (AvgIpc) is 2.65. The van der Waals surface area contributed by atoms with Crippen LogP contribution in [0.2, 0.25) is 0 Å². The van der Waals surface area contributed by atoms with Crippen LogP contribution in [0.15, 0.2) is 63.0 Å². The molecule has 0 aliphatic heterocycles. The van der Waals surface area contributed by atoms with E-state index in [0.717, 1.165) is 17.2 Å². The first-order valence-electron chi connectivity index (χ1n) is 9.76. The fraction of sp³-hybridized carbons (Fsp3) is 0.240. The van der Waals surface area contributed by atoms with E-state index in [-0.39, 0.29) is 33.8 Å². The summed E-state index contributed by atoms with van der Waals surface area (Å²) in [5, 5.41) is 30.6. The van der Waals surface area contributed by atoms with Crippen molar-refractivity contribution < 1.29 is 19.7 Å². The van der Waals surface area contributed by atoms with Crippen LogP contribution in [-0.2, 0) is 12.8 Å². The molecule has 1 aromatic heterocycles. The van der Waals surface area contributed by atoms with Gasteiger partial charge in [0.1, 0.15) is 34.5 Å². The number of phenols is 3. The minimum atomic E-state index is -0.402. The number of hydrogen-bond donors (Lipinski definition) is 3. The predicted molar refractivity (Wildman–Crippen MR) is 119 cm³/mol. The van der Waals surface area contributed by atoms with Gasteiger partial charge in [0.15, 0.2) is 0 Å². The van der Waals surface area contributed by atoms with Crippen LogP contribution in [0.25, 0.3) is 22.1 Å². The van der Waals surface area contributed by atoms with E-state index in [0.29, 0.717) is 29.5 Å². The molecule has 5 heteroatoms. The smallest absolute Gasteiger partial charge is 0.204 e. The molecule has 2 aromatic carbocycles. The van der Waals surface area contributed by atoms with Crippen molar-refractivity contribution in [2.24, 2.45) is 0 Å². The second-order valence-electron chi connectivity index (χ2n) is 7.93. The summed E-state index contributed by atoms with van der Waals surface area (Å²) in [6.07, 6.45) is 6.41. The largest absolute Gasteiger partial charge is 0.508 e. The Morgan fingerprint density at radius 2 is 1.47 bits per heavy atom. The van der Waals surface area contributed by atoms with Crippen molar-refractivity contribution in [1.82, 2.24) is 0 Å². The van der Waals surface area contributed by atoms with E-state index in [1.54, 1.807) is 12.1 Å². The Labute approximate surface area is 175 Å². The van der Waals surface area contributed by atoms with Gasteiger partial charge in [0.2, 0.25) is 5.43 Å². The van der Waals surface area contributed by atoms with Gasteiger partial charge in [0.25, 0.3) is 0 Å². The second kappa shape index (κ2) is 8.49. The van der Waals surface area contributed by atoms with Crippen molar-refractivity contribution in [2.45, 2.75) is 40.5 Å². The predicted octanol–water partition coefficient (Wildman–Crippen LogP) is 5.59. The molecule has 0 unspecified atom stereocenters. The number of hydrogen-bond acceptors (Lipinski definition) is 5. The Bertz CT molecular complexity index is 1180. The number of aromatic hydroxyl groups is 3. The van der Waals surface area contributed by atoms with Crippen molar-refractivity contribution in [3.63, 3.8) is 0 Å². The molecule has 0 saturated carbocycles. The maximum absolute atomic E-state index is 13.1. The number of benzene rings is 2. The molecule has 0 bridgehead atoms. The third-order valence-corrected chi connectivity index (χ3v) is 4.88. The van der Waals surface area contributed by atoms with Crippen LogP contribution >= 0.6 is 0 Å². The van der Waals surface area contributed by atoms with Crippen molar-refractivity contribution >= 4 is 11.0 Å². The van der Waals surface area contributed by atoms with Gasteiger partial charge >= 0.3 is 0 Å². The van der Waals surface area contributed by atoms with Gasteiger partial charge in [-0.3, -0.25) is 4.79 Å². The second-order valence-corrected chi connectivity index (χ2v) is 7.93. The topological polar surface area (TPSA) is 90.9 Å². The molecule has 0 fully saturated rings. The first-order chi connectivity index (χ1) is 14.2. The lowest BCUT2D eigenvalue weighted by atomic mass is 9.95. The summed E-state index contributed by atoms with van der Waals surface area (Å²) in [7, 11) is 0. The van der Waals surface area contributed by atoms with Gasteiger partial charge in [-0.15, -0.1) is 0 Å². The highest BCUT2D eigenvalue weighted by atomic mass is 16.3. The maximum atomic E-state index is 13.1. The summed E-state index contributed by atoms with van der Waals surface area (Å²) in [4.78, 5) is 13.1. The van der Waals surface area contributed by atoms with Crippen molar-refractivity contribution in [3.8, 4) is 28.4 Å². The summed E-state index contributed by atoms with van der Waals surface area (Å²) >= 11 is 0.